The Hall–Kier alpha value is -0.570. The zero-order valence-corrected chi connectivity index (χ0v) is 11.8. The molecule has 2 N–H and O–H groups in total. The van der Waals surface area contributed by atoms with Gasteiger partial charge in [0.15, 0.2) is 0 Å². The van der Waals surface area contributed by atoms with Crippen LogP contribution in [-0.2, 0) is 10.0 Å². The van der Waals surface area contributed by atoms with E-state index in [2.05, 4.69) is 10.6 Å². The van der Waals surface area contributed by atoms with Gasteiger partial charge in [-0.15, -0.1) is 6.42 Å². The van der Waals surface area contributed by atoms with Crippen LogP contribution in [0.1, 0.15) is 26.2 Å². The van der Waals surface area contributed by atoms with E-state index in [-0.39, 0.29) is 5.75 Å². The van der Waals surface area contributed by atoms with Crippen molar-refractivity contribution in [2.75, 3.05) is 25.4 Å². The van der Waals surface area contributed by atoms with E-state index in [1.807, 2.05) is 6.92 Å². The smallest absolute Gasteiger partial charge is 0.211 e. The molecule has 0 amide bonds. The zero-order valence-electron chi connectivity index (χ0n) is 11.0. The molecule has 0 aromatic rings. The average Bonchev–Trinajstić information content (AvgIpc) is 2.37. The summed E-state index contributed by atoms with van der Waals surface area (Å²) in [6.45, 7) is 4.61. The van der Waals surface area contributed by atoms with Crippen LogP contribution in [0.3, 0.4) is 0 Å². The van der Waals surface area contributed by atoms with Gasteiger partial charge in [0.2, 0.25) is 10.0 Å². The van der Waals surface area contributed by atoms with E-state index in [0.29, 0.717) is 30.8 Å². The summed E-state index contributed by atoms with van der Waals surface area (Å²) in [6, 6.07) is 0.417. The molecule has 3 heterocycles. The van der Waals surface area contributed by atoms with Crippen LogP contribution in [0.15, 0.2) is 0 Å². The van der Waals surface area contributed by atoms with Crippen molar-refractivity contribution in [3.05, 3.63) is 0 Å². The first-order valence-corrected chi connectivity index (χ1v) is 8.49. The Kier molecular flexibility index (Phi) is 4.31. The molecule has 4 atom stereocenters. The molecule has 5 heteroatoms. The number of fused-ring (bicyclic) bond motifs is 3. The molecule has 102 valence electrons. The van der Waals surface area contributed by atoms with Crippen molar-refractivity contribution < 1.29 is 13.3 Å². The minimum Gasteiger partial charge on any atom is -0.330 e. The molecular formula is C13H23N2O2S+. The van der Waals surface area contributed by atoms with Gasteiger partial charge in [-0.05, 0) is 12.3 Å². The van der Waals surface area contributed by atoms with E-state index in [4.69, 9.17) is 6.42 Å². The molecule has 0 aromatic carbocycles. The summed E-state index contributed by atoms with van der Waals surface area (Å²) in [7, 11) is -3.07. The molecule has 3 fully saturated rings. The second kappa shape index (κ2) is 5.60. The molecule has 0 saturated carbocycles. The molecule has 1 unspecified atom stereocenters. The maximum absolute atomic E-state index is 11.6. The lowest BCUT2D eigenvalue weighted by Gasteiger charge is -2.45. The highest BCUT2D eigenvalue weighted by atomic mass is 32.2. The largest absolute Gasteiger partial charge is 0.330 e. The maximum atomic E-state index is 11.6. The molecule has 0 aromatic heterocycles. The van der Waals surface area contributed by atoms with Gasteiger partial charge in [0.05, 0.1) is 31.3 Å². The predicted octanol–water partition coefficient (Wildman–Crippen LogP) is -0.758. The standard InChI is InChI=1S/C13H22N2O2S/c1-3-7-18(16,17)14-9-13-8-12-5-6-15(13)10-11(12)4-2/h2,11-14H,3,5-10H2,1H3/p+1/t11-,12+,13+/m0/s1. The van der Waals surface area contributed by atoms with Crippen LogP contribution in [0.5, 0.6) is 0 Å². The molecule has 18 heavy (non-hydrogen) atoms. The topological polar surface area (TPSA) is 50.6 Å². The van der Waals surface area contributed by atoms with Gasteiger partial charge in [0, 0.05) is 12.8 Å². The van der Waals surface area contributed by atoms with E-state index in [1.54, 1.807) is 0 Å². The average molecular weight is 271 g/mol. The second-order valence-corrected chi connectivity index (χ2v) is 7.46. The lowest BCUT2D eigenvalue weighted by atomic mass is 9.76. The van der Waals surface area contributed by atoms with Crippen molar-refractivity contribution in [3.63, 3.8) is 0 Å². The zero-order chi connectivity index (χ0) is 13.2. The van der Waals surface area contributed by atoms with Crippen molar-refractivity contribution >= 4 is 10.0 Å². The van der Waals surface area contributed by atoms with Crippen molar-refractivity contribution in [1.29, 1.82) is 0 Å². The fourth-order valence-corrected chi connectivity index (χ4v) is 4.44. The Bertz CT molecular complexity index is 427. The van der Waals surface area contributed by atoms with Crippen molar-refractivity contribution in [2.45, 2.75) is 32.2 Å². The Morgan fingerprint density at radius 2 is 2.28 bits per heavy atom. The number of terminal acetylenes is 1. The van der Waals surface area contributed by atoms with Gasteiger partial charge in [-0.3, -0.25) is 0 Å². The summed E-state index contributed by atoms with van der Waals surface area (Å²) >= 11 is 0. The SMILES string of the molecule is C#C[C@H]1C[NH+]2CC[C@@H]1C[C@@H]2CNS(=O)(=O)CCC. The predicted molar refractivity (Wildman–Crippen MR) is 71.6 cm³/mol. The van der Waals surface area contributed by atoms with E-state index < -0.39 is 10.0 Å². The number of sulfonamides is 1. The molecule has 3 saturated heterocycles. The third-order valence-corrected chi connectivity index (χ3v) is 5.84. The molecule has 0 aliphatic carbocycles. The molecule has 0 spiro atoms. The number of quaternary nitrogens is 1. The molecule has 0 radical (unpaired) electrons. The van der Waals surface area contributed by atoms with Crippen molar-refractivity contribution in [1.82, 2.24) is 4.72 Å². The van der Waals surface area contributed by atoms with E-state index in [1.165, 1.54) is 11.3 Å². The van der Waals surface area contributed by atoms with Gasteiger partial charge in [0.25, 0.3) is 0 Å². The minimum atomic E-state index is -3.07. The number of nitrogens with one attached hydrogen (secondary N) is 2. The highest BCUT2D eigenvalue weighted by molar-refractivity contribution is 7.89. The molecule has 3 aliphatic heterocycles. The molecule has 3 aliphatic rings. The Labute approximate surface area is 110 Å². The number of piperidine rings is 3. The van der Waals surface area contributed by atoms with E-state index in [9.17, 15) is 8.42 Å². The first-order valence-electron chi connectivity index (χ1n) is 6.83. The Morgan fingerprint density at radius 3 is 2.83 bits per heavy atom. The Balaban J connectivity index is 1.88. The highest BCUT2D eigenvalue weighted by Gasteiger charge is 2.42. The lowest BCUT2D eigenvalue weighted by Crippen LogP contribution is -3.20. The summed E-state index contributed by atoms with van der Waals surface area (Å²) < 4.78 is 26.0. The third-order valence-electron chi connectivity index (χ3n) is 4.29. The fourth-order valence-electron chi connectivity index (χ4n) is 3.30. The normalized spacial score (nSPS) is 35.3. The van der Waals surface area contributed by atoms with Crippen LogP contribution >= 0.6 is 0 Å². The molecule has 2 bridgehead atoms. The number of hydrogen-bond donors (Lipinski definition) is 2. The summed E-state index contributed by atoms with van der Waals surface area (Å²) in [6.07, 6.45) is 8.47. The second-order valence-electron chi connectivity index (χ2n) is 5.53. The van der Waals surface area contributed by atoms with Crippen LogP contribution in [0, 0.1) is 24.2 Å². The fraction of sp³-hybridized carbons (Fsp3) is 0.846. The summed E-state index contributed by atoms with van der Waals surface area (Å²) in [5.41, 5.74) is 0. The summed E-state index contributed by atoms with van der Waals surface area (Å²) in [4.78, 5) is 1.49. The molecular weight excluding hydrogens is 248 g/mol. The van der Waals surface area contributed by atoms with Gasteiger partial charge >= 0.3 is 0 Å². The third kappa shape index (κ3) is 3.05. The monoisotopic (exact) mass is 271 g/mol. The molecule has 3 rings (SSSR count). The van der Waals surface area contributed by atoms with Crippen LogP contribution < -0.4 is 9.62 Å². The maximum Gasteiger partial charge on any atom is 0.211 e. The summed E-state index contributed by atoms with van der Waals surface area (Å²) in [5, 5.41) is 0. The van der Waals surface area contributed by atoms with Gasteiger partial charge in [0.1, 0.15) is 6.04 Å². The Morgan fingerprint density at radius 1 is 1.50 bits per heavy atom. The first-order chi connectivity index (χ1) is 8.55. The van der Waals surface area contributed by atoms with Crippen LogP contribution in [-0.4, -0.2) is 39.8 Å². The minimum absolute atomic E-state index is 0.228. The van der Waals surface area contributed by atoms with Gasteiger partial charge in [-0.1, -0.05) is 12.8 Å². The summed E-state index contributed by atoms with van der Waals surface area (Å²) in [5.74, 6) is 4.12. The van der Waals surface area contributed by atoms with Crippen LogP contribution in [0.25, 0.3) is 0 Å². The van der Waals surface area contributed by atoms with Gasteiger partial charge in [-0.2, -0.15) is 0 Å². The number of hydrogen-bond acceptors (Lipinski definition) is 2. The van der Waals surface area contributed by atoms with Crippen LogP contribution in [0.4, 0.5) is 0 Å². The lowest BCUT2D eigenvalue weighted by molar-refractivity contribution is -0.943. The highest BCUT2D eigenvalue weighted by Crippen LogP contribution is 2.26. The van der Waals surface area contributed by atoms with E-state index in [0.717, 1.165) is 19.5 Å². The number of rotatable bonds is 5. The molecule has 4 nitrogen and oxygen atoms in total. The van der Waals surface area contributed by atoms with Crippen molar-refractivity contribution in [2.24, 2.45) is 11.8 Å². The van der Waals surface area contributed by atoms with E-state index >= 15 is 0 Å². The quantitative estimate of drug-likeness (QED) is 0.646. The van der Waals surface area contributed by atoms with Gasteiger partial charge in [-0.25, -0.2) is 13.1 Å². The van der Waals surface area contributed by atoms with Crippen molar-refractivity contribution in [3.8, 4) is 12.3 Å². The van der Waals surface area contributed by atoms with Crippen LogP contribution in [0.2, 0.25) is 0 Å². The van der Waals surface area contributed by atoms with Gasteiger partial charge < -0.3 is 4.90 Å². The first kappa shape index (κ1) is 13.9.